The molecule has 0 radical (unpaired) electrons. The Balaban J connectivity index is 0. The number of hydrogen-bond donors (Lipinski definition) is 3. The van der Waals surface area contributed by atoms with Crippen molar-refractivity contribution in [3.8, 4) is 0 Å². The number of rotatable bonds is 0. The normalized spacial score (nSPS) is 11.6. The minimum absolute atomic E-state index is 0.250. The third-order valence-corrected chi connectivity index (χ3v) is 0. The summed E-state index contributed by atoms with van der Waals surface area (Å²) in [5.74, 6) is 0. The molecule has 0 aliphatic rings. The summed E-state index contributed by atoms with van der Waals surface area (Å²) in [6, 6.07) is 0. The first kappa shape index (κ1) is 9.99. The summed E-state index contributed by atoms with van der Waals surface area (Å²) in [6.45, 7) is 3.43. The molecule has 7 heavy (non-hydrogen) atoms. The summed E-state index contributed by atoms with van der Waals surface area (Å²) in [6.07, 6.45) is -0.667. The van der Waals surface area contributed by atoms with Crippen LogP contribution in [0.5, 0.6) is 0 Å². The van der Waals surface area contributed by atoms with E-state index in [0.29, 0.717) is 0 Å². The van der Waals surface area contributed by atoms with Crippen LogP contribution in [0.15, 0.2) is 0 Å². The molecule has 0 aromatic heterocycles. The average molecular weight is 107 g/mol. The van der Waals surface area contributed by atoms with Gasteiger partial charge in [0.25, 0.3) is 0 Å². The van der Waals surface area contributed by atoms with E-state index in [1.54, 1.807) is 6.92 Å². The molecule has 0 saturated heterocycles. The molecule has 0 spiro atoms. The third-order valence-electron chi connectivity index (χ3n) is 0. The Hall–Kier alpha value is -0.120. The van der Waals surface area contributed by atoms with Gasteiger partial charge in [0.05, 0.1) is 6.23 Å². The molecule has 0 rings (SSSR count). The molecule has 3 heteroatoms. The Morgan fingerprint density at radius 1 is 1.71 bits per heavy atom. The topological polar surface area (TPSA) is 66.5 Å². The monoisotopic (exact) mass is 107 g/mol. The van der Waals surface area contributed by atoms with Gasteiger partial charge in [-0.05, 0) is 13.8 Å². The number of aliphatic hydroxyl groups is 2. The maximum atomic E-state index is 7.83. The van der Waals surface area contributed by atoms with Crippen molar-refractivity contribution in [1.29, 1.82) is 0 Å². The maximum absolute atomic E-state index is 7.83. The molecule has 0 amide bonds. The van der Waals surface area contributed by atoms with E-state index in [9.17, 15) is 0 Å². The van der Waals surface area contributed by atoms with E-state index in [0.717, 1.165) is 0 Å². The Bertz CT molecular complexity index is 20.9. The molecule has 3 nitrogen and oxygen atoms in total. The van der Waals surface area contributed by atoms with Crippen LogP contribution in [0.1, 0.15) is 13.8 Å². The van der Waals surface area contributed by atoms with Crippen LogP contribution in [0.3, 0.4) is 0 Å². The lowest BCUT2D eigenvalue weighted by molar-refractivity contribution is 0.203. The van der Waals surface area contributed by atoms with Gasteiger partial charge in [-0.15, -0.1) is 0 Å². The third kappa shape index (κ3) is 6150. The van der Waals surface area contributed by atoms with Crippen LogP contribution < -0.4 is 5.73 Å². The molecule has 0 aromatic rings. The minimum Gasteiger partial charge on any atom is -0.397 e. The van der Waals surface area contributed by atoms with E-state index >= 15 is 0 Å². The van der Waals surface area contributed by atoms with Crippen LogP contribution in [0.4, 0.5) is 0 Å². The molecule has 0 aromatic carbocycles. The molecule has 4 N–H and O–H groups in total. The first-order chi connectivity index (χ1) is 3.15. The van der Waals surface area contributed by atoms with E-state index in [-0.39, 0.29) is 6.61 Å². The molecule has 0 fully saturated rings. The Labute approximate surface area is 43.8 Å². The van der Waals surface area contributed by atoms with Crippen molar-refractivity contribution in [2.75, 3.05) is 6.61 Å². The highest BCUT2D eigenvalue weighted by Crippen LogP contribution is 1.50. The molecule has 0 bridgehead atoms. The SMILES string of the molecule is CC(N)O.CCO. The second-order valence-electron chi connectivity index (χ2n) is 1.06. The molecule has 0 saturated carbocycles. The van der Waals surface area contributed by atoms with Crippen molar-refractivity contribution < 1.29 is 10.2 Å². The summed E-state index contributed by atoms with van der Waals surface area (Å²) in [5.41, 5.74) is 4.67. The van der Waals surface area contributed by atoms with Crippen molar-refractivity contribution in [1.82, 2.24) is 0 Å². The first-order valence-electron chi connectivity index (χ1n) is 2.19. The molecule has 0 aliphatic carbocycles. The quantitative estimate of drug-likeness (QED) is 0.358. The van der Waals surface area contributed by atoms with E-state index in [1.165, 1.54) is 6.92 Å². The first-order valence-corrected chi connectivity index (χ1v) is 2.19. The number of aliphatic hydroxyl groups excluding tert-OH is 2. The average Bonchev–Trinajstić information content (AvgIpc) is 1.33. The van der Waals surface area contributed by atoms with Gasteiger partial charge in [0.2, 0.25) is 0 Å². The molecule has 1 atom stereocenters. The van der Waals surface area contributed by atoms with Crippen LogP contribution in [0, 0.1) is 0 Å². The van der Waals surface area contributed by atoms with Gasteiger partial charge in [0.1, 0.15) is 0 Å². The predicted molar refractivity (Wildman–Crippen MR) is 28.6 cm³/mol. The molecule has 0 aliphatic heterocycles. The minimum atomic E-state index is -0.667. The fourth-order valence-corrected chi connectivity index (χ4v) is 0. The summed E-state index contributed by atoms with van der Waals surface area (Å²) in [4.78, 5) is 0. The lowest BCUT2D eigenvalue weighted by Gasteiger charge is -1.82. The highest BCUT2D eigenvalue weighted by atomic mass is 16.3. The number of hydrogen-bond acceptors (Lipinski definition) is 3. The fraction of sp³-hybridized carbons (Fsp3) is 1.00. The van der Waals surface area contributed by atoms with Crippen molar-refractivity contribution in [3.63, 3.8) is 0 Å². The van der Waals surface area contributed by atoms with Gasteiger partial charge < -0.3 is 15.9 Å². The smallest absolute Gasteiger partial charge is 0.0991 e. The van der Waals surface area contributed by atoms with Crippen molar-refractivity contribution in [3.05, 3.63) is 0 Å². The standard InChI is InChI=1S/C2H7NO.C2H6O/c1-2(3)4;1-2-3/h2,4H,3H2,1H3;3H,2H2,1H3. The summed E-state index contributed by atoms with van der Waals surface area (Å²) in [5, 5.41) is 15.4. The zero-order chi connectivity index (χ0) is 6.28. The summed E-state index contributed by atoms with van der Waals surface area (Å²) < 4.78 is 0. The van der Waals surface area contributed by atoms with Crippen LogP contribution in [-0.4, -0.2) is 23.0 Å². The van der Waals surface area contributed by atoms with Crippen LogP contribution in [0.2, 0.25) is 0 Å². The van der Waals surface area contributed by atoms with E-state index in [1.807, 2.05) is 0 Å². The Morgan fingerprint density at radius 2 is 1.71 bits per heavy atom. The number of nitrogens with two attached hydrogens (primary N) is 1. The largest absolute Gasteiger partial charge is 0.397 e. The van der Waals surface area contributed by atoms with Crippen LogP contribution in [0.25, 0.3) is 0 Å². The zero-order valence-electron chi connectivity index (χ0n) is 4.76. The van der Waals surface area contributed by atoms with Crippen molar-refractivity contribution >= 4 is 0 Å². The van der Waals surface area contributed by atoms with Crippen LogP contribution in [-0.2, 0) is 0 Å². The van der Waals surface area contributed by atoms with Gasteiger partial charge in [0.15, 0.2) is 0 Å². The highest BCUT2D eigenvalue weighted by molar-refractivity contribution is 4.16. The van der Waals surface area contributed by atoms with Crippen molar-refractivity contribution in [2.45, 2.75) is 20.1 Å². The van der Waals surface area contributed by atoms with Gasteiger partial charge >= 0.3 is 0 Å². The van der Waals surface area contributed by atoms with Gasteiger partial charge in [-0.25, -0.2) is 0 Å². The lowest BCUT2D eigenvalue weighted by Crippen LogP contribution is -2.11. The molecule has 0 heterocycles. The summed E-state index contributed by atoms with van der Waals surface area (Å²) >= 11 is 0. The highest BCUT2D eigenvalue weighted by Gasteiger charge is 1.68. The predicted octanol–water partition coefficient (Wildman–Crippen LogP) is -0.718. The fourth-order valence-electron chi connectivity index (χ4n) is 0. The Kier molecular flexibility index (Phi) is 13.3. The van der Waals surface area contributed by atoms with Gasteiger partial charge in [0, 0.05) is 6.61 Å². The van der Waals surface area contributed by atoms with Gasteiger partial charge in [-0.2, -0.15) is 0 Å². The second-order valence-corrected chi connectivity index (χ2v) is 1.06. The lowest BCUT2D eigenvalue weighted by atomic mass is 10.7. The molecular weight excluding hydrogens is 94.0 g/mol. The van der Waals surface area contributed by atoms with Gasteiger partial charge in [-0.1, -0.05) is 0 Å². The van der Waals surface area contributed by atoms with E-state index < -0.39 is 6.23 Å². The molecule has 46 valence electrons. The molecule has 1 unspecified atom stereocenters. The van der Waals surface area contributed by atoms with Crippen molar-refractivity contribution in [2.24, 2.45) is 5.73 Å². The second kappa shape index (κ2) is 9.30. The maximum Gasteiger partial charge on any atom is 0.0991 e. The Morgan fingerprint density at radius 3 is 1.71 bits per heavy atom. The molecular formula is C4H13NO2. The van der Waals surface area contributed by atoms with Crippen LogP contribution >= 0.6 is 0 Å². The zero-order valence-corrected chi connectivity index (χ0v) is 4.76. The van der Waals surface area contributed by atoms with E-state index in [2.05, 4.69) is 5.73 Å². The summed E-state index contributed by atoms with van der Waals surface area (Å²) in [7, 11) is 0. The van der Waals surface area contributed by atoms with Gasteiger partial charge in [-0.3, -0.25) is 0 Å². The van der Waals surface area contributed by atoms with E-state index in [4.69, 9.17) is 10.2 Å².